The standard InChI is InChI=1S/C16H18N2O2S.C5H10O2/c19-16(20-13-6-9-17-10-7-13)18-14-8-11-21-15(14)12-4-2-1-3-5-12;1-5(2,3)7-4-6/h1-5,8,11,13,17H,6-7,9-10H2,(H,18,19);4H,1-3H3. The fourth-order valence-corrected chi connectivity index (χ4v) is 3.43. The number of hydrogen-bond donors (Lipinski definition) is 2. The fourth-order valence-electron chi connectivity index (χ4n) is 2.57. The summed E-state index contributed by atoms with van der Waals surface area (Å²) in [6, 6.07) is 12.0. The first-order valence-corrected chi connectivity index (χ1v) is 10.2. The zero-order valence-corrected chi connectivity index (χ0v) is 17.4. The smallest absolute Gasteiger partial charge is 0.411 e. The van der Waals surface area contributed by atoms with Gasteiger partial charge < -0.3 is 14.8 Å². The molecule has 1 aromatic carbocycles. The van der Waals surface area contributed by atoms with E-state index in [0.717, 1.165) is 42.1 Å². The number of amides is 1. The molecule has 2 N–H and O–H groups in total. The highest BCUT2D eigenvalue weighted by Gasteiger charge is 2.18. The molecule has 3 rings (SSSR count). The summed E-state index contributed by atoms with van der Waals surface area (Å²) in [5, 5.41) is 8.09. The molecular weight excluding hydrogens is 376 g/mol. The molecule has 0 bridgehead atoms. The third-order valence-electron chi connectivity index (χ3n) is 3.90. The lowest BCUT2D eigenvalue weighted by atomic mass is 10.1. The van der Waals surface area contributed by atoms with Gasteiger partial charge in [0.25, 0.3) is 6.47 Å². The van der Waals surface area contributed by atoms with Crippen LogP contribution in [0.2, 0.25) is 0 Å². The summed E-state index contributed by atoms with van der Waals surface area (Å²) in [6.45, 7) is 7.74. The van der Waals surface area contributed by atoms with Crippen molar-refractivity contribution in [3.05, 3.63) is 41.8 Å². The van der Waals surface area contributed by atoms with Crippen molar-refractivity contribution in [3.63, 3.8) is 0 Å². The monoisotopic (exact) mass is 404 g/mol. The van der Waals surface area contributed by atoms with Gasteiger partial charge >= 0.3 is 6.09 Å². The van der Waals surface area contributed by atoms with Crippen LogP contribution in [-0.2, 0) is 14.3 Å². The minimum atomic E-state index is -0.363. The second kappa shape index (κ2) is 10.8. The maximum atomic E-state index is 12.0. The highest BCUT2D eigenvalue weighted by Crippen LogP contribution is 2.33. The predicted octanol–water partition coefficient (Wildman–Crippen LogP) is 4.67. The molecule has 1 amide bonds. The third kappa shape index (κ3) is 7.70. The van der Waals surface area contributed by atoms with Crippen LogP contribution < -0.4 is 10.6 Å². The van der Waals surface area contributed by atoms with Gasteiger partial charge in [-0.3, -0.25) is 10.1 Å². The van der Waals surface area contributed by atoms with E-state index in [-0.39, 0.29) is 17.8 Å². The van der Waals surface area contributed by atoms with Crippen LogP contribution in [-0.4, -0.2) is 37.4 Å². The number of hydrogen-bond acceptors (Lipinski definition) is 6. The maximum absolute atomic E-state index is 12.0. The Labute approximate surface area is 170 Å². The van der Waals surface area contributed by atoms with Crippen LogP contribution >= 0.6 is 11.3 Å². The Morgan fingerprint density at radius 2 is 1.86 bits per heavy atom. The summed E-state index contributed by atoms with van der Waals surface area (Å²) in [7, 11) is 0. The minimum Gasteiger partial charge on any atom is -0.462 e. The number of piperidine rings is 1. The van der Waals surface area contributed by atoms with Crippen molar-refractivity contribution in [1.82, 2.24) is 5.32 Å². The Morgan fingerprint density at radius 3 is 2.43 bits per heavy atom. The lowest BCUT2D eigenvalue weighted by Crippen LogP contribution is -2.34. The zero-order valence-electron chi connectivity index (χ0n) is 16.6. The van der Waals surface area contributed by atoms with E-state index in [2.05, 4.69) is 15.4 Å². The van der Waals surface area contributed by atoms with Crippen molar-refractivity contribution in [1.29, 1.82) is 0 Å². The highest BCUT2D eigenvalue weighted by molar-refractivity contribution is 7.14. The molecule has 0 aliphatic carbocycles. The lowest BCUT2D eigenvalue weighted by Gasteiger charge is -2.22. The Hall–Kier alpha value is -2.38. The van der Waals surface area contributed by atoms with E-state index in [1.165, 1.54) is 0 Å². The summed E-state index contributed by atoms with van der Waals surface area (Å²) in [5.41, 5.74) is 1.59. The molecule has 1 aliphatic rings. The first-order valence-electron chi connectivity index (χ1n) is 9.32. The van der Waals surface area contributed by atoms with Gasteiger partial charge in [0.2, 0.25) is 0 Å². The van der Waals surface area contributed by atoms with Crippen LogP contribution in [0.1, 0.15) is 33.6 Å². The number of rotatable bonds is 4. The van der Waals surface area contributed by atoms with Gasteiger partial charge in [-0.2, -0.15) is 0 Å². The highest BCUT2D eigenvalue weighted by atomic mass is 32.1. The number of carbonyl (C=O) groups excluding carboxylic acids is 2. The van der Waals surface area contributed by atoms with Crippen LogP contribution in [0.15, 0.2) is 41.8 Å². The number of carbonyl (C=O) groups is 2. The molecular formula is C21H28N2O4S. The maximum Gasteiger partial charge on any atom is 0.411 e. The van der Waals surface area contributed by atoms with Gasteiger partial charge in [0, 0.05) is 0 Å². The van der Waals surface area contributed by atoms with Gasteiger partial charge in [0.1, 0.15) is 11.7 Å². The Kier molecular flexibility index (Phi) is 8.47. The van der Waals surface area contributed by atoms with E-state index in [9.17, 15) is 9.59 Å². The molecule has 1 aliphatic heterocycles. The van der Waals surface area contributed by atoms with E-state index in [0.29, 0.717) is 6.47 Å². The molecule has 2 heterocycles. The normalized spacial score (nSPS) is 14.4. The second-order valence-corrected chi connectivity index (χ2v) is 8.25. The van der Waals surface area contributed by atoms with Crippen molar-refractivity contribution in [2.45, 2.75) is 45.3 Å². The second-order valence-electron chi connectivity index (χ2n) is 7.34. The number of ether oxygens (including phenoxy) is 2. The Balaban J connectivity index is 0.000000345. The summed E-state index contributed by atoms with van der Waals surface area (Å²) >= 11 is 1.61. The van der Waals surface area contributed by atoms with E-state index in [1.54, 1.807) is 11.3 Å². The fraction of sp³-hybridized carbons (Fsp3) is 0.429. The van der Waals surface area contributed by atoms with Crippen LogP contribution in [0.25, 0.3) is 10.4 Å². The molecule has 0 spiro atoms. The molecule has 1 aromatic heterocycles. The van der Waals surface area contributed by atoms with Gasteiger partial charge in [-0.25, -0.2) is 4.79 Å². The molecule has 0 unspecified atom stereocenters. The average molecular weight is 405 g/mol. The molecule has 2 aromatic rings. The molecule has 0 saturated carbocycles. The van der Waals surface area contributed by atoms with Gasteiger partial charge in [0.15, 0.2) is 0 Å². The first kappa shape index (κ1) is 21.9. The molecule has 1 saturated heterocycles. The largest absolute Gasteiger partial charge is 0.462 e. The van der Waals surface area contributed by atoms with Crippen molar-refractivity contribution < 1.29 is 19.1 Å². The minimum absolute atomic E-state index is 0.0186. The summed E-state index contributed by atoms with van der Waals surface area (Å²) in [5.74, 6) is 0. The lowest BCUT2D eigenvalue weighted by molar-refractivity contribution is -0.138. The van der Waals surface area contributed by atoms with Gasteiger partial charge in [0.05, 0.1) is 10.6 Å². The summed E-state index contributed by atoms with van der Waals surface area (Å²) in [6.07, 6.45) is 1.41. The van der Waals surface area contributed by atoms with E-state index in [1.807, 2.05) is 62.5 Å². The first-order chi connectivity index (χ1) is 13.4. The quantitative estimate of drug-likeness (QED) is 0.724. The molecule has 6 nitrogen and oxygen atoms in total. The van der Waals surface area contributed by atoms with Crippen molar-refractivity contribution in [2.75, 3.05) is 18.4 Å². The molecule has 28 heavy (non-hydrogen) atoms. The van der Waals surface area contributed by atoms with Gasteiger partial charge in [-0.15, -0.1) is 11.3 Å². The molecule has 0 atom stereocenters. The van der Waals surface area contributed by atoms with E-state index >= 15 is 0 Å². The Bertz CT molecular complexity index is 734. The molecule has 0 radical (unpaired) electrons. The zero-order chi connectivity index (χ0) is 20.4. The third-order valence-corrected chi connectivity index (χ3v) is 4.86. The van der Waals surface area contributed by atoms with Crippen molar-refractivity contribution in [3.8, 4) is 10.4 Å². The van der Waals surface area contributed by atoms with Gasteiger partial charge in [-0.05, 0) is 63.7 Å². The van der Waals surface area contributed by atoms with Crippen LogP contribution in [0.5, 0.6) is 0 Å². The average Bonchev–Trinajstić information content (AvgIpc) is 3.11. The number of anilines is 1. The van der Waals surface area contributed by atoms with Crippen molar-refractivity contribution in [2.24, 2.45) is 0 Å². The predicted molar refractivity (Wildman–Crippen MR) is 113 cm³/mol. The number of thiophene rings is 1. The SMILES string of the molecule is CC(C)(C)OC=O.O=C(Nc1ccsc1-c1ccccc1)OC1CCNCC1. The van der Waals surface area contributed by atoms with Crippen LogP contribution in [0.4, 0.5) is 10.5 Å². The van der Waals surface area contributed by atoms with Crippen molar-refractivity contribution >= 4 is 29.6 Å². The van der Waals surface area contributed by atoms with E-state index < -0.39 is 0 Å². The van der Waals surface area contributed by atoms with Crippen LogP contribution in [0, 0.1) is 0 Å². The molecule has 152 valence electrons. The van der Waals surface area contributed by atoms with Gasteiger partial charge in [-0.1, -0.05) is 30.3 Å². The number of benzene rings is 1. The Morgan fingerprint density at radius 1 is 1.18 bits per heavy atom. The van der Waals surface area contributed by atoms with E-state index in [4.69, 9.17) is 4.74 Å². The summed E-state index contributed by atoms with van der Waals surface area (Å²) < 4.78 is 10.0. The summed E-state index contributed by atoms with van der Waals surface area (Å²) in [4.78, 5) is 22.7. The molecule has 1 fully saturated rings. The topological polar surface area (TPSA) is 76.7 Å². The number of nitrogens with one attached hydrogen (secondary N) is 2. The van der Waals surface area contributed by atoms with Crippen LogP contribution in [0.3, 0.4) is 0 Å². The molecule has 7 heteroatoms.